The van der Waals surface area contributed by atoms with Gasteiger partial charge in [0.2, 0.25) is 0 Å². The van der Waals surface area contributed by atoms with Crippen LogP contribution in [0.5, 0.6) is 0 Å². The van der Waals surface area contributed by atoms with Crippen molar-refractivity contribution in [2.45, 2.75) is 39.0 Å². The fourth-order valence-corrected chi connectivity index (χ4v) is 3.28. The van der Waals surface area contributed by atoms with E-state index in [0.29, 0.717) is 13.2 Å². The molecule has 6 nitrogen and oxygen atoms in total. The van der Waals surface area contributed by atoms with Crippen LogP contribution in [0.15, 0.2) is 40.9 Å². The first-order valence-corrected chi connectivity index (χ1v) is 8.94. The second-order valence-corrected chi connectivity index (χ2v) is 6.66. The quantitative estimate of drug-likeness (QED) is 0.755. The minimum Gasteiger partial charge on any atom is -0.379 e. The van der Waals surface area contributed by atoms with Gasteiger partial charge < -0.3 is 19.3 Å². The molecule has 3 heterocycles. The summed E-state index contributed by atoms with van der Waals surface area (Å²) < 4.78 is 17.0. The van der Waals surface area contributed by atoms with Gasteiger partial charge in [-0.15, -0.1) is 0 Å². The fraction of sp³-hybridized carbons (Fsp3) is 0.400. The predicted molar refractivity (Wildman–Crippen MR) is 99.1 cm³/mol. The maximum Gasteiger partial charge on any atom is 0.139 e. The van der Waals surface area contributed by atoms with Crippen LogP contribution in [0, 0.1) is 13.8 Å². The van der Waals surface area contributed by atoms with Crippen molar-refractivity contribution in [2.24, 2.45) is 0 Å². The van der Waals surface area contributed by atoms with E-state index in [9.17, 15) is 0 Å². The van der Waals surface area contributed by atoms with Crippen LogP contribution in [0.25, 0.3) is 10.9 Å². The number of aromatic nitrogens is 2. The SMILES string of the molecule is Cc1noc(C)c1CO[C@H]1COCC[C@@H]1Nc1ccc2ccccc2n1. The van der Waals surface area contributed by atoms with E-state index in [1.165, 1.54) is 0 Å². The zero-order valence-electron chi connectivity index (χ0n) is 15.1. The number of nitrogens with zero attached hydrogens (tertiary/aromatic N) is 2. The highest BCUT2D eigenvalue weighted by molar-refractivity contribution is 5.80. The molecule has 1 fully saturated rings. The molecule has 6 heteroatoms. The van der Waals surface area contributed by atoms with Crippen molar-refractivity contribution in [3.05, 3.63) is 53.4 Å². The maximum atomic E-state index is 6.15. The number of pyridine rings is 1. The Hall–Kier alpha value is -2.44. The van der Waals surface area contributed by atoms with Crippen LogP contribution in [0.4, 0.5) is 5.82 Å². The molecule has 1 aliphatic rings. The summed E-state index contributed by atoms with van der Waals surface area (Å²) in [5.74, 6) is 1.67. The number of hydrogen-bond acceptors (Lipinski definition) is 6. The average Bonchev–Trinajstić information content (AvgIpc) is 2.99. The third-order valence-corrected chi connectivity index (χ3v) is 4.86. The molecule has 1 aliphatic heterocycles. The van der Waals surface area contributed by atoms with Gasteiger partial charge in [-0.05, 0) is 38.5 Å². The lowest BCUT2D eigenvalue weighted by molar-refractivity contribution is -0.0640. The summed E-state index contributed by atoms with van der Waals surface area (Å²) >= 11 is 0. The molecule has 0 spiro atoms. The summed E-state index contributed by atoms with van der Waals surface area (Å²) in [6.45, 7) is 5.59. The zero-order chi connectivity index (χ0) is 17.9. The van der Waals surface area contributed by atoms with Crippen LogP contribution >= 0.6 is 0 Å². The van der Waals surface area contributed by atoms with E-state index in [1.54, 1.807) is 0 Å². The summed E-state index contributed by atoms with van der Waals surface area (Å²) in [6, 6.07) is 12.4. The van der Waals surface area contributed by atoms with E-state index < -0.39 is 0 Å². The number of fused-ring (bicyclic) bond motifs is 1. The molecule has 0 radical (unpaired) electrons. The molecule has 1 saturated heterocycles. The van der Waals surface area contributed by atoms with E-state index in [2.05, 4.69) is 22.6 Å². The van der Waals surface area contributed by atoms with Crippen molar-refractivity contribution in [2.75, 3.05) is 18.5 Å². The number of hydrogen-bond donors (Lipinski definition) is 1. The van der Waals surface area contributed by atoms with Crippen molar-refractivity contribution in [1.82, 2.24) is 10.1 Å². The molecular weight excluding hydrogens is 330 g/mol. The summed E-state index contributed by atoms with van der Waals surface area (Å²) in [4.78, 5) is 4.71. The summed E-state index contributed by atoms with van der Waals surface area (Å²) in [5.41, 5.74) is 2.87. The number of ether oxygens (including phenoxy) is 2. The van der Waals surface area contributed by atoms with Gasteiger partial charge in [0.15, 0.2) is 0 Å². The minimum atomic E-state index is -0.0503. The Morgan fingerprint density at radius 2 is 2.08 bits per heavy atom. The van der Waals surface area contributed by atoms with E-state index in [-0.39, 0.29) is 12.1 Å². The molecule has 0 aliphatic carbocycles. The smallest absolute Gasteiger partial charge is 0.139 e. The Labute approximate surface area is 152 Å². The minimum absolute atomic E-state index is 0.0503. The largest absolute Gasteiger partial charge is 0.379 e. The van der Waals surface area contributed by atoms with Crippen molar-refractivity contribution in [3.63, 3.8) is 0 Å². The Bertz CT molecular complexity index is 873. The van der Waals surface area contributed by atoms with Gasteiger partial charge in [-0.3, -0.25) is 0 Å². The molecule has 136 valence electrons. The number of para-hydroxylation sites is 1. The Kier molecular flexibility index (Phi) is 4.86. The van der Waals surface area contributed by atoms with Crippen molar-refractivity contribution in [1.29, 1.82) is 0 Å². The maximum absolute atomic E-state index is 6.15. The molecule has 0 amide bonds. The molecule has 26 heavy (non-hydrogen) atoms. The average molecular weight is 353 g/mol. The normalized spacial score (nSPS) is 20.4. The lowest BCUT2D eigenvalue weighted by atomic mass is 10.1. The van der Waals surface area contributed by atoms with Crippen molar-refractivity contribution in [3.8, 4) is 0 Å². The number of benzene rings is 1. The standard InChI is InChI=1S/C20H23N3O3/c1-13-16(14(2)26-23-13)11-25-19-12-24-10-9-18(19)22-20-8-7-15-5-3-4-6-17(15)21-20/h3-8,18-19H,9-12H2,1-2H3,(H,21,22)/t18-,19-/m0/s1. The van der Waals surface area contributed by atoms with Gasteiger partial charge in [0.05, 0.1) is 30.5 Å². The highest BCUT2D eigenvalue weighted by Gasteiger charge is 2.27. The summed E-state index contributed by atoms with van der Waals surface area (Å²) in [5, 5.41) is 8.65. The molecule has 2 aromatic heterocycles. The highest BCUT2D eigenvalue weighted by atomic mass is 16.5. The van der Waals surface area contributed by atoms with Crippen LogP contribution < -0.4 is 5.32 Å². The zero-order valence-corrected chi connectivity index (χ0v) is 15.1. The van der Waals surface area contributed by atoms with Gasteiger partial charge in [-0.2, -0.15) is 0 Å². The van der Waals surface area contributed by atoms with Gasteiger partial charge >= 0.3 is 0 Å². The number of aryl methyl sites for hydroxylation is 2. The first kappa shape index (κ1) is 17.0. The van der Waals surface area contributed by atoms with Gasteiger partial charge in [0, 0.05) is 17.6 Å². The first-order chi connectivity index (χ1) is 12.7. The second kappa shape index (κ2) is 7.43. The Morgan fingerprint density at radius 1 is 1.19 bits per heavy atom. The molecule has 1 N–H and O–H groups in total. The van der Waals surface area contributed by atoms with E-state index in [0.717, 1.165) is 46.8 Å². The van der Waals surface area contributed by atoms with Crippen LogP contribution in [-0.2, 0) is 16.1 Å². The third-order valence-electron chi connectivity index (χ3n) is 4.86. The van der Waals surface area contributed by atoms with E-state index in [4.69, 9.17) is 19.0 Å². The monoisotopic (exact) mass is 353 g/mol. The van der Waals surface area contributed by atoms with Crippen molar-refractivity contribution < 1.29 is 14.0 Å². The highest BCUT2D eigenvalue weighted by Crippen LogP contribution is 2.21. The Morgan fingerprint density at radius 3 is 2.92 bits per heavy atom. The topological polar surface area (TPSA) is 69.4 Å². The van der Waals surface area contributed by atoms with E-state index in [1.807, 2.05) is 38.1 Å². The second-order valence-electron chi connectivity index (χ2n) is 6.66. The van der Waals surface area contributed by atoms with Gasteiger partial charge in [0.25, 0.3) is 0 Å². The van der Waals surface area contributed by atoms with Crippen molar-refractivity contribution >= 4 is 16.7 Å². The summed E-state index contributed by atoms with van der Waals surface area (Å²) in [7, 11) is 0. The van der Waals surface area contributed by atoms with Gasteiger partial charge in [0.1, 0.15) is 17.7 Å². The van der Waals surface area contributed by atoms with Crippen LogP contribution in [0.3, 0.4) is 0 Å². The molecular formula is C20H23N3O3. The first-order valence-electron chi connectivity index (χ1n) is 8.94. The van der Waals surface area contributed by atoms with Gasteiger partial charge in [-0.25, -0.2) is 4.98 Å². The summed E-state index contributed by atoms with van der Waals surface area (Å²) in [6.07, 6.45) is 0.826. The Balaban J connectivity index is 1.46. The van der Waals surface area contributed by atoms with Crippen LogP contribution in [0.2, 0.25) is 0 Å². The van der Waals surface area contributed by atoms with E-state index >= 15 is 0 Å². The van der Waals surface area contributed by atoms with Crippen LogP contribution in [0.1, 0.15) is 23.4 Å². The fourth-order valence-electron chi connectivity index (χ4n) is 3.28. The molecule has 0 unspecified atom stereocenters. The third kappa shape index (κ3) is 3.57. The molecule has 0 bridgehead atoms. The lowest BCUT2D eigenvalue weighted by Gasteiger charge is -2.32. The number of anilines is 1. The number of nitrogens with one attached hydrogen (secondary N) is 1. The molecule has 0 saturated carbocycles. The molecule has 1 aromatic carbocycles. The van der Waals surface area contributed by atoms with Gasteiger partial charge in [-0.1, -0.05) is 23.4 Å². The van der Waals surface area contributed by atoms with Crippen LogP contribution in [-0.4, -0.2) is 35.5 Å². The molecule has 2 atom stereocenters. The molecule has 3 aromatic rings. The lowest BCUT2D eigenvalue weighted by Crippen LogP contribution is -2.43. The molecule has 4 rings (SSSR count). The number of rotatable bonds is 5. The predicted octanol–water partition coefficient (Wildman–Crippen LogP) is 3.63.